The average Bonchev–Trinajstić information content (AvgIpc) is 2.76. The first-order valence-corrected chi connectivity index (χ1v) is 10.1. The molecule has 1 atom stereocenters. The summed E-state index contributed by atoms with van der Waals surface area (Å²) in [7, 11) is 0. The van der Waals surface area contributed by atoms with Gasteiger partial charge in [0.2, 0.25) is 0 Å². The van der Waals surface area contributed by atoms with E-state index in [4.69, 9.17) is 4.74 Å². The van der Waals surface area contributed by atoms with E-state index in [1.165, 1.54) is 6.07 Å². The molecule has 1 aromatic carbocycles. The number of ether oxygens (including phenoxy) is 1. The number of benzene rings is 1. The molecule has 4 rings (SSSR count). The van der Waals surface area contributed by atoms with E-state index in [0.29, 0.717) is 24.6 Å². The first kappa shape index (κ1) is 20.4. The zero-order chi connectivity index (χ0) is 21.3. The molecular weight excluding hydrogens is 388 g/mol. The van der Waals surface area contributed by atoms with Gasteiger partial charge in [0.1, 0.15) is 0 Å². The minimum Gasteiger partial charge on any atom is -0.378 e. The van der Waals surface area contributed by atoms with Crippen molar-refractivity contribution in [2.45, 2.75) is 33.2 Å². The molecule has 8 heteroatoms. The van der Waals surface area contributed by atoms with Gasteiger partial charge in [0.15, 0.2) is 5.82 Å². The van der Waals surface area contributed by atoms with E-state index in [0.717, 1.165) is 40.9 Å². The van der Waals surface area contributed by atoms with Gasteiger partial charge in [-0.05, 0) is 38.0 Å². The second kappa shape index (κ2) is 8.47. The second-order valence-electron chi connectivity index (χ2n) is 7.55. The highest BCUT2D eigenvalue weighted by Gasteiger charge is 2.19. The van der Waals surface area contributed by atoms with E-state index >= 15 is 0 Å². The number of hydrogen-bond donors (Lipinski definition) is 1. The molecular formula is C22H25F2N5O. The van der Waals surface area contributed by atoms with Crippen molar-refractivity contribution in [3.8, 4) is 0 Å². The van der Waals surface area contributed by atoms with Crippen LogP contribution in [-0.4, -0.2) is 41.5 Å². The number of aromatic nitrogens is 3. The molecule has 0 bridgehead atoms. The lowest BCUT2D eigenvalue weighted by Gasteiger charge is -2.29. The topological polar surface area (TPSA) is 63.2 Å². The van der Waals surface area contributed by atoms with Crippen LogP contribution in [0.5, 0.6) is 0 Å². The van der Waals surface area contributed by atoms with Crippen LogP contribution in [0.3, 0.4) is 0 Å². The SMILES string of the molecule is Cc1c(C(F)F)cccc1[C@@H](C)Nc1nnc(C)c2ncc(N3CCOCC3)cc12. The quantitative estimate of drug-likeness (QED) is 0.660. The third kappa shape index (κ3) is 3.92. The zero-order valence-corrected chi connectivity index (χ0v) is 17.3. The number of pyridine rings is 1. The minimum absolute atomic E-state index is 0.0530. The molecule has 0 radical (unpaired) electrons. The summed E-state index contributed by atoms with van der Waals surface area (Å²) < 4.78 is 32.1. The van der Waals surface area contributed by atoms with Gasteiger partial charge in [0.05, 0.1) is 42.4 Å². The Kier molecular flexibility index (Phi) is 5.76. The van der Waals surface area contributed by atoms with Crippen molar-refractivity contribution in [2.75, 3.05) is 36.5 Å². The number of morpholine rings is 1. The second-order valence-corrected chi connectivity index (χ2v) is 7.55. The molecule has 1 aliphatic heterocycles. The number of rotatable bonds is 5. The Balaban J connectivity index is 1.70. The number of halogens is 2. The highest BCUT2D eigenvalue weighted by Crippen LogP contribution is 2.32. The van der Waals surface area contributed by atoms with Gasteiger partial charge in [0.25, 0.3) is 6.43 Å². The van der Waals surface area contributed by atoms with Crippen molar-refractivity contribution in [3.63, 3.8) is 0 Å². The molecule has 1 aliphatic rings. The van der Waals surface area contributed by atoms with Gasteiger partial charge in [-0.3, -0.25) is 4.98 Å². The predicted molar refractivity (Wildman–Crippen MR) is 113 cm³/mol. The van der Waals surface area contributed by atoms with Crippen LogP contribution in [0.2, 0.25) is 0 Å². The Labute approximate surface area is 174 Å². The molecule has 0 aliphatic carbocycles. The molecule has 158 valence electrons. The van der Waals surface area contributed by atoms with Crippen LogP contribution in [0.1, 0.15) is 41.8 Å². The van der Waals surface area contributed by atoms with Gasteiger partial charge in [-0.1, -0.05) is 18.2 Å². The molecule has 0 amide bonds. The van der Waals surface area contributed by atoms with Crippen molar-refractivity contribution in [1.29, 1.82) is 0 Å². The van der Waals surface area contributed by atoms with Crippen LogP contribution < -0.4 is 10.2 Å². The summed E-state index contributed by atoms with van der Waals surface area (Å²) in [6.07, 6.45) is -0.649. The molecule has 0 unspecified atom stereocenters. The molecule has 3 aromatic rings. The van der Waals surface area contributed by atoms with Crippen LogP contribution in [0, 0.1) is 13.8 Å². The summed E-state index contributed by atoms with van der Waals surface area (Å²) in [4.78, 5) is 6.86. The Morgan fingerprint density at radius 2 is 1.83 bits per heavy atom. The van der Waals surface area contributed by atoms with Gasteiger partial charge in [0, 0.05) is 24.0 Å². The smallest absolute Gasteiger partial charge is 0.264 e. The lowest BCUT2D eigenvalue weighted by atomic mass is 9.97. The Bertz CT molecular complexity index is 1050. The minimum atomic E-state index is -2.50. The Hall–Kier alpha value is -2.87. The molecule has 30 heavy (non-hydrogen) atoms. The van der Waals surface area contributed by atoms with E-state index in [1.807, 2.05) is 26.1 Å². The summed E-state index contributed by atoms with van der Waals surface area (Å²) >= 11 is 0. The molecule has 1 fully saturated rings. The highest BCUT2D eigenvalue weighted by molar-refractivity contribution is 5.92. The summed E-state index contributed by atoms with van der Waals surface area (Å²) in [5.74, 6) is 0.590. The van der Waals surface area contributed by atoms with Gasteiger partial charge < -0.3 is 15.0 Å². The first-order valence-electron chi connectivity index (χ1n) is 10.1. The summed E-state index contributed by atoms with van der Waals surface area (Å²) in [6.45, 7) is 8.53. The lowest BCUT2D eigenvalue weighted by Crippen LogP contribution is -2.36. The number of anilines is 2. The van der Waals surface area contributed by atoms with Crippen LogP contribution in [0.15, 0.2) is 30.5 Å². The van der Waals surface area contributed by atoms with Crippen molar-refractivity contribution in [2.24, 2.45) is 0 Å². The van der Waals surface area contributed by atoms with Crippen LogP contribution in [-0.2, 0) is 4.74 Å². The number of aryl methyl sites for hydroxylation is 1. The number of hydrogen-bond acceptors (Lipinski definition) is 6. The molecule has 1 saturated heterocycles. The fourth-order valence-electron chi connectivity index (χ4n) is 3.91. The molecule has 0 spiro atoms. The molecule has 6 nitrogen and oxygen atoms in total. The average molecular weight is 413 g/mol. The Morgan fingerprint density at radius 1 is 1.10 bits per heavy atom. The summed E-state index contributed by atoms with van der Waals surface area (Å²) in [6, 6.07) is 6.83. The molecule has 1 N–H and O–H groups in total. The highest BCUT2D eigenvalue weighted by atomic mass is 19.3. The molecule has 2 aromatic heterocycles. The van der Waals surface area contributed by atoms with Crippen molar-refractivity contribution >= 4 is 22.4 Å². The van der Waals surface area contributed by atoms with Gasteiger partial charge in [-0.15, -0.1) is 5.10 Å². The number of alkyl halides is 2. The van der Waals surface area contributed by atoms with E-state index in [9.17, 15) is 8.78 Å². The van der Waals surface area contributed by atoms with Gasteiger partial charge in [-0.2, -0.15) is 5.10 Å². The van der Waals surface area contributed by atoms with Crippen LogP contribution >= 0.6 is 0 Å². The number of nitrogens with zero attached hydrogens (tertiary/aromatic N) is 4. The van der Waals surface area contributed by atoms with E-state index < -0.39 is 6.43 Å². The Morgan fingerprint density at radius 3 is 2.57 bits per heavy atom. The maximum absolute atomic E-state index is 13.3. The van der Waals surface area contributed by atoms with Gasteiger partial charge >= 0.3 is 0 Å². The van der Waals surface area contributed by atoms with Crippen molar-refractivity contribution in [1.82, 2.24) is 15.2 Å². The maximum atomic E-state index is 13.3. The number of fused-ring (bicyclic) bond motifs is 1. The lowest BCUT2D eigenvalue weighted by molar-refractivity contribution is 0.122. The van der Waals surface area contributed by atoms with Crippen molar-refractivity contribution in [3.05, 3.63) is 52.8 Å². The van der Waals surface area contributed by atoms with Crippen molar-refractivity contribution < 1.29 is 13.5 Å². The number of nitrogens with one attached hydrogen (secondary N) is 1. The fraction of sp³-hybridized carbons (Fsp3) is 0.409. The summed E-state index contributed by atoms with van der Waals surface area (Å²) in [5.41, 5.74) is 3.97. The molecule has 0 saturated carbocycles. The van der Waals surface area contributed by atoms with E-state index in [-0.39, 0.29) is 11.6 Å². The first-order chi connectivity index (χ1) is 14.5. The van der Waals surface area contributed by atoms with Crippen LogP contribution in [0.25, 0.3) is 10.9 Å². The van der Waals surface area contributed by atoms with E-state index in [2.05, 4.69) is 31.5 Å². The monoisotopic (exact) mass is 413 g/mol. The van der Waals surface area contributed by atoms with Gasteiger partial charge in [-0.25, -0.2) is 8.78 Å². The summed E-state index contributed by atoms with van der Waals surface area (Å²) in [5, 5.41) is 12.8. The zero-order valence-electron chi connectivity index (χ0n) is 17.3. The predicted octanol–water partition coefficient (Wildman–Crippen LogP) is 4.59. The third-order valence-electron chi connectivity index (χ3n) is 5.62. The largest absolute Gasteiger partial charge is 0.378 e. The normalized spacial score (nSPS) is 15.6. The molecule has 3 heterocycles. The van der Waals surface area contributed by atoms with E-state index in [1.54, 1.807) is 13.0 Å². The third-order valence-corrected chi connectivity index (χ3v) is 5.62. The standard InChI is InChI=1S/C22H25F2N5O/c1-13-17(5-4-6-18(13)21(23)24)14(2)26-22-19-11-16(29-7-9-30-10-8-29)12-25-20(19)15(3)27-28-22/h4-6,11-12,14,21H,7-10H2,1-3H3,(H,26,28)/t14-/m1/s1. The fourth-order valence-corrected chi connectivity index (χ4v) is 3.91. The maximum Gasteiger partial charge on any atom is 0.264 e. The van der Waals surface area contributed by atoms with Crippen LogP contribution in [0.4, 0.5) is 20.3 Å².